The molecule has 35 heavy (non-hydrogen) atoms. The SMILES string of the molecule is CCCc1nc(C)c2c(=O)[nH]c(-c3cc(S(=O)(=O)NC4CN(CCOC)C4)ccc3OCC)nn12. The van der Waals surface area contributed by atoms with E-state index in [1.165, 1.54) is 12.1 Å². The van der Waals surface area contributed by atoms with Gasteiger partial charge in [-0.1, -0.05) is 6.92 Å². The van der Waals surface area contributed by atoms with Gasteiger partial charge in [0.2, 0.25) is 10.0 Å². The van der Waals surface area contributed by atoms with E-state index in [0.717, 1.165) is 13.0 Å². The first-order valence-corrected chi connectivity index (χ1v) is 13.2. The van der Waals surface area contributed by atoms with Crippen molar-refractivity contribution in [2.24, 2.45) is 0 Å². The summed E-state index contributed by atoms with van der Waals surface area (Å²) in [6.45, 7) is 8.61. The van der Waals surface area contributed by atoms with Gasteiger partial charge in [0, 0.05) is 39.2 Å². The van der Waals surface area contributed by atoms with Crippen molar-refractivity contribution < 1.29 is 17.9 Å². The van der Waals surface area contributed by atoms with Crippen molar-refractivity contribution in [2.45, 2.75) is 44.6 Å². The average Bonchev–Trinajstić information content (AvgIpc) is 3.11. The van der Waals surface area contributed by atoms with Crippen LogP contribution in [0, 0.1) is 6.92 Å². The zero-order chi connectivity index (χ0) is 25.2. The fraction of sp³-hybridized carbons (Fsp3) is 0.522. The minimum Gasteiger partial charge on any atom is -0.493 e. The van der Waals surface area contributed by atoms with Crippen molar-refractivity contribution in [2.75, 3.05) is 40.0 Å². The summed E-state index contributed by atoms with van der Waals surface area (Å²) in [5, 5.41) is 4.62. The maximum Gasteiger partial charge on any atom is 0.277 e. The lowest BCUT2D eigenvalue weighted by Gasteiger charge is -2.39. The first-order valence-electron chi connectivity index (χ1n) is 11.8. The van der Waals surface area contributed by atoms with Crippen LogP contribution in [0.4, 0.5) is 0 Å². The van der Waals surface area contributed by atoms with Crippen LogP contribution in [0.15, 0.2) is 27.9 Å². The van der Waals surface area contributed by atoms with Gasteiger partial charge < -0.3 is 14.5 Å². The number of hydrogen-bond donors (Lipinski definition) is 2. The zero-order valence-electron chi connectivity index (χ0n) is 20.5. The van der Waals surface area contributed by atoms with Crippen molar-refractivity contribution in [3.05, 3.63) is 40.1 Å². The Labute approximate surface area is 204 Å². The Morgan fingerprint density at radius 2 is 2.03 bits per heavy atom. The van der Waals surface area contributed by atoms with E-state index in [-0.39, 0.29) is 22.3 Å². The minimum absolute atomic E-state index is 0.0737. The summed E-state index contributed by atoms with van der Waals surface area (Å²) >= 11 is 0. The van der Waals surface area contributed by atoms with Crippen molar-refractivity contribution in [3.8, 4) is 17.1 Å². The number of methoxy groups -OCH3 is 1. The van der Waals surface area contributed by atoms with Crippen LogP contribution in [0.5, 0.6) is 5.75 Å². The monoisotopic (exact) mass is 504 g/mol. The van der Waals surface area contributed by atoms with Gasteiger partial charge in [-0.2, -0.15) is 0 Å². The van der Waals surface area contributed by atoms with Gasteiger partial charge in [-0.15, -0.1) is 5.10 Å². The van der Waals surface area contributed by atoms with Crippen LogP contribution in [0.25, 0.3) is 16.9 Å². The predicted molar refractivity (Wildman–Crippen MR) is 131 cm³/mol. The molecule has 1 aromatic carbocycles. The molecule has 1 aliphatic heterocycles. The summed E-state index contributed by atoms with van der Waals surface area (Å²) in [5.74, 6) is 1.32. The maximum atomic E-state index is 13.1. The summed E-state index contributed by atoms with van der Waals surface area (Å²) in [7, 11) is -2.15. The van der Waals surface area contributed by atoms with E-state index >= 15 is 0 Å². The number of sulfonamides is 1. The largest absolute Gasteiger partial charge is 0.493 e. The Bertz CT molecular complexity index is 1360. The third-order valence-electron chi connectivity index (χ3n) is 5.92. The number of likely N-dealkylation sites (tertiary alicyclic amines) is 1. The Morgan fingerprint density at radius 1 is 1.26 bits per heavy atom. The zero-order valence-corrected chi connectivity index (χ0v) is 21.3. The van der Waals surface area contributed by atoms with Gasteiger partial charge in [0.25, 0.3) is 5.56 Å². The smallest absolute Gasteiger partial charge is 0.277 e. The lowest BCUT2D eigenvalue weighted by molar-refractivity contribution is 0.0909. The number of aromatic amines is 1. The molecule has 0 radical (unpaired) electrons. The number of rotatable bonds is 11. The van der Waals surface area contributed by atoms with Crippen LogP contribution in [-0.4, -0.2) is 78.9 Å². The van der Waals surface area contributed by atoms with Crippen LogP contribution in [-0.2, 0) is 21.2 Å². The van der Waals surface area contributed by atoms with Gasteiger partial charge in [-0.05, 0) is 38.5 Å². The second kappa shape index (κ2) is 10.4. The average molecular weight is 505 g/mol. The number of nitrogens with zero attached hydrogens (tertiary/aromatic N) is 4. The van der Waals surface area contributed by atoms with Crippen molar-refractivity contribution in [1.29, 1.82) is 0 Å². The first-order chi connectivity index (χ1) is 16.8. The number of nitrogens with one attached hydrogen (secondary N) is 2. The Hall–Kier alpha value is -2.80. The summed E-state index contributed by atoms with van der Waals surface area (Å²) in [5.41, 5.74) is 1.02. The highest BCUT2D eigenvalue weighted by molar-refractivity contribution is 7.89. The number of H-pyrrole nitrogens is 1. The molecule has 3 aromatic rings. The van der Waals surface area contributed by atoms with Crippen molar-refractivity contribution >= 4 is 15.5 Å². The molecule has 0 aliphatic carbocycles. The topological polar surface area (TPSA) is 131 Å². The maximum absolute atomic E-state index is 13.1. The first kappa shape index (κ1) is 25.3. The molecular weight excluding hydrogens is 472 g/mol. The molecule has 2 N–H and O–H groups in total. The van der Waals surface area contributed by atoms with Gasteiger partial charge in [0.15, 0.2) is 11.3 Å². The Balaban J connectivity index is 1.69. The quantitative estimate of drug-likeness (QED) is 0.400. The van der Waals surface area contributed by atoms with Crippen molar-refractivity contribution in [3.63, 3.8) is 0 Å². The number of ether oxygens (including phenoxy) is 2. The van der Waals surface area contributed by atoms with Gasteiger partial charge >= 0.3 is 0 Å². The van der Waals surface area contributed by atoms with Gasteiger partial charge in [-0.3, -0.25) is 9.69 Å². The Kier molecular flexibility index (Phi) is 7.55. The molecule has 11 nitrogen and oxygen atoms in total. The molecule has 1 fully saturated rings. The number of benzene rings is 1. The van der Waals surface area contributed by atoms with Gasteiger partial charge in [0.1, 0.15) is 11.6 Å². The third-order valence-corrected chi connectivity index (χ3v) is 7.44. The molecule has 0 unspecified atom stereocenters. The highest BCUT2D eigenvalue weighted by Crippen LogP contribution is 2.30. The van der Waals surface area contributed by atoms with Crippen molar-refractivity contribution in [1.82, 2.24) is 29.2 Å². The van der Waals surface area contributed by atoms with Crippen LogP contribution in [0.1, 0.15) is 31.8 Å². The summed E-state index contributed by atoms with van der Waals surface area (Å²) in [4.78, 5) is 22.4. The lowest BCUT2D eigenvalue weighted by atomic mass is 10.1. The fourth-order valence-electron chi connectivity index (χ4n) is 4.22. The molecule has 0 saturated carbocycles. The molecule has 0 atom stereocenters. The predicted octanol–water partition coefficient (Wildman–Crippen LogP) is 1.35. The van der Waals surface area contributed by atoms with E-state index in [2.05, 4.69) is 24.7 Å². The lowest BCUT2D eigenvalue weighted by Crippen LogP contribution is -2.59. The second-order valence-corrected chi connectivity index (χ2v) is 10.3. The third kappa shape index (κ3) is 5.25. The minimum atomic E-state index is -3.79. The Morgan fingerprint density at radius 3 is 2.71 bits per heavy atom. The molecule has 0 amide bonds. The standard InChI is InChI=1S/C23H32N6O5S/c1-5-7-20-24-15(3)21-23(30)25-22(26-29(20)21)18-12-17(8-9-19(18)34-6-2)35(31,32)27-16-13-28(14-16)10-11-33-4/h8-9,12,16,27H,5-7,10-11,13-14H2,1-4H3,(H,25,26,30). The van der Waals surface area contributed by atoms with Crippen LogP contribution in [0.3, 0.4) is 0 Å². The molecule has 4 rings (SSSR count). The van der Waals surface area contributed by atoms with Crippen LogP contribution >= 0.6 is 0 Å². The number of hydrogen-bond acceptors (Lipinski definition) is 8. The summed E-state index contributed by atoms with van der Waals surface area (Å²) in [6, 6.07) is 4.41. The molecule has 12 heteroatoms. The highest BCUT2D eigenvalue weighted by Gasteiger charge is 2.31. The molecule has 0 bridgehead atoms. The van der Waals surface area contributed by atoms with Crippen LogP contribution in [0.2, 0.25) is 0 Å². The fourth-order valence-corrected chi connectivity index (χ4v) is 5.46. The van der Waals surface area contributed by atoms with E-state index in [4.69, 9.17) is 9.47 Å². The molecular formula is C23H32N6O5S. The number of aromatic nitrogens is 4. The molecule has 0 spiro atoms. The summed E-state index contributed by atoms with van der Waals surface area (Å²) < 4.78 is 41.4. The molecule has 1 aliphatic rings. The molecule has 2 aromatic heterocycles. The number of imidazole rings is 1. The number of aryl methyl sites for hydroxylation is 2. The normalized spacial score (nSPS) is 15.0. The van der Waals surface area contributed by atoms with Crippen LogP contribution < -0.4 is 15.0 Å². The molecule has 1 saturated heterocycles. The van der Waals surface area contributed by atoms with E-state index in [0.29, 0.717) is 61.1 Å². The highest BCUT2D eigenvalue weighted by atomic mass is 32.2. The van der Waals surface area contributed by atoms with Gasteiger partial charge in [-0.25, -0.2) is 22.6 Å². The van der Waals surface area contributed by atoms with E-state index in [1.54, 1.807) is 24.6 Å². The number of fused-ring (bicyclic) bond motifs is 1. The molecule has 190 valence electrons. The van der Waals surface area contributed by atoms with E-state index < -0.39 is 10.0 Å². The van der Waals surface area contributed by atoms with E-state index in [9.17, 15) is 13.2 Å². The van der Waals surface area contributed by atoms with E-state index in [1.807, 2.05) is 13.8 Å². The molecule has 3 heterocycles. The van der Waals surface area contributed by atoms with Gasteiger partial charge in [0.05, 0.1) is 29.4 Å². The summed E-state index contributed by atoms with van der Waals surface area (Å²) in [6.07, 6.45) is 1.50. The second-order valence-electron chi connectivity index (χ2n) is 8.59.